The summed E-state index contributed by atoms with van der Waals surface area (Å²) in [4.78, 5) is 17.4. The number of halogens is 5. The van der Waals surface area contributed by atoms with E-state index in [0.717, 1.165) is 0 Å². The fourth-order valence-corrected chi connectivity index (χ4v) is 5.38. The molecule has 0 bridgehead atoms. The molecule has 1 saturated carbocycles. The van der Waals surface area contributed by atoms with E-state index in [2.05, 4.69) is 25.3 Å². The maximum Gasteiger partial charge on any atom is 0.437 e. The van der Waals surface area contributed by atoms with Gasteiger partial charge < -0.3 is 41.4 Å². The van der Waals surface area contributed by atoms with Crippen molar-refractivity contribution in [3.05, 3.63) is 70.5 Å². The molecule has 1 aliphatic heterocycles. The molecule has 7 N–H and O–H groups in total. The summed E-state index contributed by atoms with van der Waals surface area (Å²) in [5, 5.41) is 23.3. The maximum absolute atomic E-state index is 13.5. The molecule has 256 valence electrons. The molecule has 1 atom stereocenters. The molecule has 2 aliphatic rings. The fraction of sp³-hybridized carbons (Fsp3) is 0.355. The predicted octanol–water partition coefficient (Wildman–Crippen LogP) is 6.31. The first-order valence-electron chi connectivity index (χ1n) is 15.0. The molecule has 0 radical (unpaired) electrons. The topological polar surface area (TPSA) is 178 Å². The standard InChI is InChI=1S/C17H18ClF3N4O2.C14H15ClN4O2/c18-9-1-7-12(8-2-9)27-13-14(17(19,20)21)24-16(22)25-15(13)23-10-3-5-11(26)6-4-10;15-9-1-3-11(4-2-9)21-12-7-17-14(16)18-13(12)19-6-5-10(20)8-19/h1-2,7-8,10-11,26H,3-6H2,(H3,22,23,24,25);1-4,7,10,20H,5-6,8H2,(H2,16,17,18). The number of ether oxygens (including phenoxy) is 2. The summed E-state index contributed by atoms with van der Waals surface area (Å²) in [7, 11) is 0. The molecule has 12 nitrogen and oxygen atoms in total. The van der Waals surface area contributed by atoms with Crippen LogP contribution in [0.4, 0.5) is 36.7 Å². The summed E-state index contributed by atoms with van der Waals surface area (Å²) >= 11 is 11.7. The number of alkyl halides is 3. The van der Waals surface area contributed by atoms with Gasteiger partial charge in [0.15, 0.2) is 23.1 Å². The third-order valence-electron chi connectivity index (χ3n) is 7.48. The molecule has 1 unspecified atom stereocenters. The number of rotatable bonds is 7. The summed E-state index contributed by atoms with van der Waals surface area (Å²) in [5.74, 6) is 0.860. The molecule has 0 spiro atoms. The first-order chi connectivity index (χ1) is 22.8. The van der Waals surface area contributed by atoms with Gasteiger partial charge in [0, 0.05) is 29.2 Å². The summed E-state index contributed by atoms with van der Waals surface area (Å²) in [6.07, 6.45) is -1.01. The van der Waals surface area contributed by atoms with Crippen LogP contribution < -0.4 is 31.2 Å². The van der Waals surface area contributed by atoms with E-state index in [1.807, 2.05) is 4.90 Å². The van der Waals surface area contributed by atoms with Crippen LogP contribution in [-0.2, 0) is 6.18 Å². The Morgan fingerprint density at radius 2 is 1.40 bits per heavy atom. The Hall–Kier alpha value is -4.31. The van der Waals surface area contributed by atoms with Crippen molar-refractivity contribution in [3.8, 4) is 23.0 Å². The first kappa shape index (κ1) is 35.0. The van der Waals surface area contributed by atoms with E-state index in [1.165, 1.54) is 30.5 Å². The molecule has 4 aromatic rings. The number of nitrogen functional groups attached to an aromatic ring is 2. The highest BCUT2D eigenvalue weighted by atomic mass is 35.5. The second kappa shape index (κ2) is 15.3. The Bertz CT molecular complexity index is 1680. The summed E-state index contributed by atoms with van der Waals surface area (Å²) < 4.78 is 51.8. The highest BCUT2D eigenvalue weighted by Gasteiger charge is 2.39. The van der Waals surface area contributed by atoms with Gasteiger partial charge in [-0.3, -0.25) is 0 Å². The highest BCUT2D eigenvalue weighted by molar-refractivity contribution is 6.30. The Balaban J connectivity index is 0.000000194. The van der Waals surface area contributed by atoms with Crippen LogP contribution >= 0.6 is 23.2 Å². The van der Waals surface area contributed by atoms with Crippen molar-refractivity contribution < 1.29 is 32.9 Å². The van der Waals surface area contributed by atoms with Crippen molar-refractivity contribution in [1.29, 1.82) is 0 Å². The van der Waals surface area contributed by atoms with Crippen molar-refractivity contribution >= 4 is 46.7 Å². The molecule has 17 heteroatoms. The third-order valence-corrected chi connectivity index (χ3v) is 7.99. The molecule has 1 saturated heterocycles. The SMILES string of the molecule is Nc1nc(NC2CCC(O)CC2)c(Oc2ccc(Cl)cc2)c(C(F)(F)F)n1.Nc1ncc(Oc2ccc(Cl)cc2)c(N2CCC(O)C2)n1. The lowest BCUT2D eigenvalue weighted by atomic mass is 9.93. The molecular weight excluding hydrogens is 676 g/mol. The number of nitrogens with zero attached hydrogens (tertiary/aromatic N) is 5. The van der Waals surface area contributed by atoms with E-state index < -0.39 is 29.7 Å². The molecule has 6 rings (SSSR count). The monoisotopic (exact) mass is 708 g/mol. The van der Waals surface area contributed by atoms with Gasteiger partial charge in [-0.25, -0.2) is 9.97 Å². The number of aliphatic hydroxyl groups excluding tert-OH is 2. The lowest BCUT2D eigenvalue weighted by Crippen LogP contribution is -2.29. The van der Waals surface area contributed by atoms with Crippen LogP contribution in [0.25, 0.3) is 0 Å². The Morgan fingerprint density at radius 1 is 0.792 bits per heavy atom. The molecule has 0 amide bonds. The number of β-amino-alcohol motifs (C(OH)–C–C–N with tert-alkyl or cyclic N) is 1. The molecule has 2 aromatic heterocycles. The van der Waals surface area contributed by atoms with Gasteiger partial charge in [-0.15, -0.1) is 0 Å². The van der Waals surface area contributed by atoms with E-state index >= 15 is 0 Å². The Kier molecular flexibility index (Phi) is 11.1. The van der Waals surface area contributed by atoms with Crippen molar-refractivity contribution in [2.75, 3.05) is 34.8 Å². The van der Waals surface area contributed by atoms with Crippen molar-refractivity contribution in [3.63, 3.8) is 0 Å². The van der Waals surface area contributed by atoms with E-state index in [0.29, 0.717) is 72.6 Å². The quantitative estimate of drug-likeness (QED) is 0.145. The summed E-state index contributed by atoms with van der Waals surface area (Å²) in [5.41, 5.74) is 9.89. The number of nitrogens with one attached hydrogen (secondary N) is 1. The zero-order valence-corrected chi connectivity index (χ0v) is 26.9. The van der Waals surface area contributed by atoms with Gasteiger partial charge in [-0.2, -0.15) is 23.1 Å². The lowest BCUT2D eigenvalue weighted by molar-refractivity contribution is -0.142. The number of nitrogens with two attached hydrogens (primary N) is 2. The predicted molar refractivity (Wildman–Crippen MR) is 176 cm³/mol. The van der Waals surface area contributed by atoms with Gasteiger partial charge >= 0.3 is 6.18 Å². The van der Waals surface area contributed by atoms with Crippen LogP contribution in [-0.4, -0.2) is 61.5 Å². The van der Waals surface area contributed by atoms with E-state index in [9.17, 15) is 23.4 Å². The average Bonchev–Trinajstić information content (AvgIpc) is 3.48. The second-order valence-corrected chi connectivity index (χ2v) is 12.0. The molecule has 2 aromatic carbocycles. The zero-order valence-electron chi connectivity index (χ0n) is 25.4. The van der Waals surface area contributed by atoms with Crippen molar-refractivity contribution in [1.82, 2.24) is 19.9 Å². The van der Waals surface area contributed by atoms with Crippen LogP contribution in [0.15, 0.2) is 54.7 Å². The number of hydrogen-bond donors (Lipinski definition) is 5. The van der Waals surface area contributed by atoms with Crippen LogP contribution in [0.1, 0.15) is 37.8 Å². The number of anilines is 4. The average molecular weight is 710 g/mol. The van der Waals surface area contributed by atoms with Gasteiger partial charge in [0.05, 0.1) is 18.4 Å². The summed E-state index contributed by atoms with van der Waals surface area (Å²) in [6.45, 7) is 1.21. The smallest absolute Gasteiger partial charge is 0.437 e. The number of aromatic nitrogens is 4. The van der Waals surface area contributed by atoms with Crippen LogP contribution in [0.2, 0.25) is 10.0 Å². The molecule has 3 heterocycles. The zero-order chi connectivity index (χ0) is 34.4. The third kappa shape index (κ3) is 9.40. The number of aliphatic hydroxyl groups is 2. The fourth-order valence-electron chi connectivity index (χ4n) is 5.13. The number of benzene rings is 2. The van der Waals surface area contributed by atoms with Gasteiger partial charge in [0.1, 0.15) is 11.5 Å². The van der Waals surface area contributed by atoms with Crippen LogP contribution in [0.5, 0.6) is 23.0 Å². The van der Waals surface area contributed by atoms with E-state index in [4.69, 9.17) is 44.1 Å². The summed E-state index contributed by atoms with van der Waals surface area (Å²) in [6, 6.07) is 12.7. The van der Waals surface area contributed by atoms with Crippen molar-refractivity contribution in [2.24, 2.45) is 0 Å². The molecule has 1 aliphatic carbocycles. The highest BCUT2D eigenvalue weighted by Crippen LogP contribution is 2.42. The first-order valence-corrected chi connectivity index (χ1v) is 15.7. The van der Waals surface area contributed by atoms with Gasteiger partial charge in [0.2, 0.25) is 17.6 Å². The normalized spacial score (nSPS) is 19.3. The maximum atomic E-state index is 13.5. The second-order valence-electron chi connectivity index (χ2n) is 11.2. The van der Waals surface area contributed by atoms with Gasteiger partial charge in [-0.1, -0.05) is 23.2 Å². The number of hydrogen-bond acceptors (Lipinski definition) is 12. The molecule has 2 fully saturated rings. The van der Waals surface area contributed by atoms with Crippen molar-refractivity contribution in [2.45, 2.75) is 56.5 Å². The van der Waals surface area contributed by atoms with Crippen LogP contribution in [0.3, 0.4) is 0 Å². The largest absolute Gasteiger partial charge is 0.452 e. The Morgan fingerprint density at radius 3 is 1.96 bits per heavy atom. The molecular formula is C31H33Cl2F3N8O4. The van der Waals surface area contributed by atoms with Gasteiger partial charge in [-0.05, 0) is 80.6 Å². The van der Waals surface area contributed by atoms with Crippen LogP contribution in [0, 0.1) is 0 Å². The molecule has 48 heavy (non-hydrogen) atoms. The van der Waals surface area contributed by atoms with Gasteiger partial charge in [0.25, 0.3) is 0 Å². The lowest BCUT2D eigenvalue weighted by Gasteiger charge is -2.27. The Labute approximate surface area is 283 Å². The minimum Gasteiger partial charge on any atom is -0.452 e. The minimum absolute atomic E-state index is 0.133. The minimum atomic E-state index is -4.78. The van der Waals surface area contributed by atoms with E-state index in [-0.39, 0.29) is 29.7 Å². The van der Waals surface area contributed by atoms with E-state index in [1.54, 1.807) is 24.3 Å².